The Morgan fingerprint density at radius 1 is 0.812 bits per heavy atom. The van der Waals surface area contributed by atoms with E-state index in [4.69, 9.17) is 4.74 Å². The number of rotatable bonds is 8. The molecule has 32 heavy (non-hydrogen) atoms. The lowest BCUT2D eigenvalue weighted by Crippen LogP contribution is -2.30. The fourth-order valence-corrected chi connectivity index (χ4v) is 2.59. The molecule has 0 spiro atoms. The predicted molar refractivity (Wildman–Crippen MR) is 119 cm³/mol. The van der Waals surface area contributed by atoms with Gasteiger partial charge in [-0.15, -0.1) is 0 Å². The van der Waals surface area contributed by atoms with Gasteiger partial charge in [-0.25, -0.2) is 4.98 Å². The molecule has 1 aromatic carbocycles. The molecule has 1 amide bonds. The van der Waals surface area contributed by atoms with Crippen LogP contribution < -0.4 is 26.2 Å². The Kier molecular flexibility index (Phi) is 6.27. The number of anilines is 5. The molecule has 160 valence electrons. The quantitative estimate of drug-likeness (QED) is 0.309. The van der Waals surface area contributed by atoms with Crippen molar-refractivity contribution in [3.63, 3.8) is 0 Å². The first-order valence-corrected chi connectivity index (χ1v) is 9.51. The summed E-state index contributed by atoms with van der Waals surface area (Å²) < 4.78 is 5.17. The van der Waals surface area contributed by atoms with Gasteiger partial charge in [0.05, 0.1) is 7.11 Å². The second-order valence-electron chi connectivity index (χ2n) is 6.31. The Labute approximate surface area is 183 Å². The zero-order valence-electron chi connectivity index (χ0n) is 17.0. The molecule has 0 radical (unpaired) electrons. The number of carbonyl (C=O) groups excluding carboxylic acids is 1. The van der Waals surface area contributed by atoms with Gasteiger partial charge in [0.2, 0.25) is 17.8 Å². The molecule has 0 bridgehead atoms. The van der Waals surface area contributed by atoms with Crippen LogP contribution in [0.3, 0.4) is 0 Å². The average Bonchev–Trinajstić information content (AvgIpc) is 2.84. The van der Waals surface area contributed by atoms with E-state index in [0.29, 0.717) is 11.4 Å². The third-order valence-corrected chi connectivity index (χ3v) is 4.12. The highest BCUT2D eigenvalue weighted by molar-refractivity contribution is 5.94. The van der Waals surface area contributed by atoms with Crippen molar-refractivity contribution in [2.75, 3.05) is 23.2 Å². The van der Waals surface area contributed by atoms with E-state index in [-0.39, 0.29) is 23.8 Å². The summed E-state index contributed by atoms with van der Waals surface area (Å²) in [6, 6.07) is 15.9. The average molecular weight is 429 g/mol. The van der Waals surface area contributed by atoms with Crippen LogP contribution in [0.25, 0.3) is 0 Å². The molecule has 4 N–H and O–H groups in total. The molecule has 0 unspecified atom stereocenters. The summed E-state index contributed by atoms with van der Waals surface area (Å²) in [5.74, 6) is 1.53. The number of nitrogens with zero attached hydrogens (tertiary/aromatic N) is 5. The van der Waals surface area contributed by atoms with Crippen LogP contribution in [0.5, 0.6) is 5.75 Å². The number of nitrogens with one attached hydrogen (secondary N) is 4. The van der Waals surface area contributed by atoms with E-state index in [2.05, 4.69) is 46.4 Å². The lowest BCUT2D eigenvalue weighted by atomic mass is 10.3. The Hall–Kier alpha value is -4.80. The molecular formula is C21H19N9O2. The molecule has 0 aliphatic heterocycles. The molecule has 0 aliphatic carbocycles. The lowest BCUT2D eigenvalue weighted by Gasteiger charge is -2.12. The van der Waals surface area contributed by atoms with Crippen LogP contribution >= 0.6 is 0 Å². The summed E-state index contributed by atoms with van der Waals surface area (Å²) in [6.07, 6.45) is 4.71. The number of pyridine rings is 2. The highest BCUT2D eigenvalue weighted by Gasteiger charge is 2.10. The van der Waals surface area contributed by atoms with Gasteiger partial charge in [0.25, 0.3) is 5.91 Å². The van der Waals surface area contributed by atoms with Crippen LogP contribution in [0.2, 0.25) is 0 Å². The van der Waals surface area contributed by atoms with Crippen molar-refractivity contribution in [3.05, 3.63) is 78.8 Å². The van der Waals surface area contributed by atoms with Crippen LogP contribution in [0.1, 0.15) is 10.4 Å². The van der Waals surface area contributed by atoms with Crippen molar-refractivity contribution in [2.24, 2.45) is 0 Å². The Balaban J connectivity index is 1.55. The van der Waals surface area contributed by atoms with Crippen molar-refractivity contribution < 1.29 is 9.53 Å². The molecule has 3 heterocycles. The van der Waals surface area contributed by atoms with E-state index in [1.54, 1.807) is 37.6 Å². The number of aromatic nitrogens is 5. The highest BCUT2D eigenvalue weighted by Crippen LogP contribution is 2.20. The minimum atomic E-state index is -0.364. The van der Waals surface area contributed by atoms with Gasteiger partial charge < -0.3 is 15.4 Å². The van der Waals surface area contributed by atoms with Crippen LogP contribution in [0.4, 0.5) is 29.4 Å². The molecular weight excluding hydrogens is 410 g/mol. The van der Waals surface area contributed by atoms with E-state index in [1.807, 2.05) is 30.3 Å². The summed E-state index contributed by atoms with van der Waals surface area (Å²) in [5, 5.41) is 6.12. The maximum absolute atomic E-state index is 12.3. The summed E-state index contributed by atoms with van der Waals surface area (Å²) in [4.78, 5) is 33.4. The molecule has 4 rings (SSSR count). The maximum atomic E-state index is 12.3. The van der Waals surface area contributed by atoms with Gasteiger partial charge in [0, 0.05) is 29.8 Å². The molecule has 0 saturated carbocycles. The predicted octanol–water partition coefficient (Wildman–Crippen LogP) is 2.91. The number of ether oxygens (including phenoxy) is 1. The van der Waals surface area contributed by atoms with Crippen molar-refractivity contribution in [2.45, 2.75) is 0 Å². The van der Waals surface area contributed by atoms with Crippen molar-refractivity contribution in [3.8, 4) is 5.75 Å². The molecule has 4 aromatic rings. The van der Waals surface area contributed by atoms with Gasteiger partial charge in [-0.3, -0.25) is 20.6 Å². The number of benzene rings is 1. The van der Waals surface area contributed by atoms with Crippen molar-refractivity contribution >= 4 is 35.3 Å². The summed E-state index contributed by atoms with van der Waals surface area (Å²) >= 11 is 0. The molecule has 0 saturated heterocycles. The SMILES string of the molecule is COc1ccc(Nc2nc(NNC(=O)c3ccncc3)nc(Nc3ccccn3)n2)cc1. The van der Waals surface area contributed by atoms with Gasteiger partial charge in [0.15, 0.2) is 0 Å². The second-order valence-corrected chi connectivity index (χ2v) is 6.31. The number of methoxy groups -OCH3 is 1. The smallest absolute Gasteiger partial charge is 0.269 e. The second kappa shape index (κ2) is 9.80. The monoisotopic (exact) mass is 429 g/mol. The molecule has 0 aliphatic rings. The highest BCUT2D eigenvalue weighted by atomic mass is 16.5. The zero-order valence-corrected chi connectivity index (χ0v) is 17.0. The van der Waals surface area contributed by atoms with Crippen molar-refractivity contribution in [1.82, 2.24) is 30.3 Å². The van der Waals surface area contributed by atoms with Crippen molar-refractivity contribution in [1.29, 1.82) is 0 Å². The lowest BCUT2D eigenvalue weighted by molar-refractivity contribution is 0.0962. The zero-order chi connectivity index (χ0) is 22.2. The van der Waals surface area contributed by atoms with Gasteiger partial charge in [0.1, 0.15) is 11.6 Å². The number of hydrazine groups is 1. The Morgan fingerprint density at radius 2 is 1.53 bits per heavy atom. The van der Waals surface area contributed by atoms with E-state index < -0.39 is 0 Å². The minimum Gasteiger partial charge on any atom is -0.497 e. The third-order valence-electron chi connectivity index (χ3n) is 4.12. The van der Waals surface area contributed by atoms with Gasteiger partial charge in [-0.05, 0) is 48.5 Å². The minimum absolute atomic E-state index is 0.122. The molecule has 11 nitrogen and oxygen atoms in total. The van der Waals surface area contributed by atoms with E-state index in [1.165, 1.54) is 12.4 Å². The molecule has 3 aromatic heterocycles. The number of hydrogen-bond donors (Lipinski definition) is 4. The fourth-order valence-electron chi connectivity index (χ4n) is 2.59. The van der Waals surface area contributed by atoms with E-state index in [9.17, 15) is 4.79 Å². The largest absolute Gasteiger partial charge is 0.497 e. The van der Waals surface area contributed by atoms with Crippen LogP contribution in [-0.4, -0.2) is 37.9 Å². The van der Waals surface area contributed by atoms with Crippen LogP contribution in [-0.2, 0) is 0 Å². The molecule has 11 heteroatoms. The van der Waals surface area contributed by atoms with E-state index >= 15 is 0 Å². The first kappa shape index (κ1) is 20.5. The maximum Gasteiger partial charge on any atom is 0.269 e. The normalized spacial score (nSPS) is 10.2. The summed E-state index contributed by atoms with van der Waals surface area (Å²) in [7, 11) is 1.60. The number of hydrogen-bond acceptors (Lipinski definition) is 10. The first-order valence-electron chi connectivity index (χ1n) is 9.51. The third kappa shape index (κ3) is 5.42. The van der Waals surface area contributed by atoms with Crippen LogP contribution in [0.15, 0.2) is 73.2 Å². The Bertz CT molecular complexity index is 1170. The summed E-state index contributed by atoms with van der Waals surface area (Å²) in [5.41, 5.74) is 6.44. The van der Waals surface area contributed by atoms with E-state index in [0.717, 1.165) is 11.4 Å². The molecule has 0 fully saturated rings. The first-order chi connectivity index (χ1) is 15.7. The Morgan fingerprint density at radius 3 is 2.22 bits per heavy atom. The van der Waals surface area contributed by atoms with Gasteiger partial charge >= 0.3 is 0 Å². The number of amides is 1. The fraction of sp³-hybridized carbons (Fsp3) is 0.0476. The standard InChI is InChI=1S/C21H19N9O2/c1-32-16-7-5-15(6-8-16)24-19-26-20(25-17-4-2-3-11-23-17)28-21(27-19)30-29-18(31)14-9-12-22-13-10-14/h2-13H,1H3,(H,29,31)(H3,23,24,25,26,27,28,30). The summed E-state index contributed by atoms with van der Waals surface area (Å²) in [6.45, 7) is 0. The molecule has 0 atom stereocenters. The topological polar surface area (TPSA) is 139 Å². The van der Waals surface area contributed by atoms with Crippen LogP contribution in [0, 0.1) is 0 Å². The number of carbonyl (C=O) groups is 1. The van der Waals surface area contributed by atoms with Gasteiger partial charge in [-0.2, -0.15) is 15.0 Å². The van der Waals surface area contributed by atoms with Gasteiger partial charge in [-0.1, -0.05) is 6.07 Å².